The Hall–Kier alpha value is -3.38. The Morgan fingerprint density at radius 2 is 1.46 bits per heavy atom. The number of hydrogen-bond donors (Lipinski definition) is 0. The second-order valence-electron chi connectivity index (χ2n) is 3.20. The minimum atomic E-state index is -0.329. The van der Waals surface area contributed by atoms with Crippen molar-refractivity contribution in [2.45, 2.75) is 6.92 Å². The van der Waals surface area contributed by atoms with Gasteiger partial charge in [-0.2, -0.15) is 5.26 Å². The minimum Gasteiger partial charge on any atom is -0.435 e. The molecule has 0 aliphatic heterocycles. The van der Waals surface area contributed by atoms with Crippen LogP contribution in [-0.4, -0.2) is 5.97 Å². The fourth-order valence-electron chi connectivity index (χ4n) is 0.706. The van der Waals surface area contributed by atoms with Crippen LogP contribution in [0.2, 0.25) is 0 Å². The third kappa shape index (κ3) is 42.8. The monoisotopic (exact) mass is 325 g/mol. The van der Waals surface area contributed by atoms with E-state index in [0.29, 0.717) is 0 Å². The summed E-state index contributed by atoms with van der Waals surface area (Å²) in [6.07, 6.45) is 7.39. The number of allylic oxidation sites excluding steroid dienone is 3. The van der Waals surface area contributed by atoms with E-state index in [9.17, 15) is 4.79 Å². The van der Waals surface area contributed by atoms with E-state index in [-0.39, 0.29) is 5.97 Å². The molecule has 0 heterocycles. The van der Waals surface area contributed by atoms with Crippen LogP contribution in [0, 0.1) is 11.3 Å². The number of carbonyl (C=O) groups is 1. The number of benzene rings is 1. The molecule has 0 fully saturated rings. The minimum absolute atomic E-state index is 0.329. The molecule has 0 amide bonds. The molecule has 0 unspecified atom stereocenters. The molecule has 24 heavy (non-hydrogen) atoms. The summed E-state index contributed by atoms with van der Waals surface area (Å²) < 4.78 is 4.17. The molecule has 0 aliphatic carbocycles. The van der Waals surface area contributed by atoms with Crippen LogP contribution in [0.15, 0.2) is 101 Å². The molecule has 1 aromatic rings. The van der Waals surface area contributed by atoms with Crippen LogP contribution in [0.25, 0.3) is 6.08 Å². The van der Waals surface area contributed by atoms with Crippen LogP contribution in [0.4, 0.5) is 0 Å². The van der Waals surface area contributed by atoms with Crippen molar-refractivity contribution in [3.05, 3.63) is 106 Å². The van der Waals surface area contributed by atoms with Gasteiger partial charge < -0.3 is 4.74 Å². The van der Waals surface area contributed by atoms with Gasteiger partial charge in [-0.15, -0.1) is 13.2 Å². The van der Waals surface area contributed by atoms with Gasteiger partial charge in [0, 0.05) is 13.0 Å². The molecule has 1 aromatic carbocycles. The van der Waals surface area contributed by atoms with Gasteiger partial charge in [0.2, 0.25) is 0 Å². The number of ether oxygens (including phenoxy) is 1. The van der Waals surface area contributed by atoms with Crippen LogP contribution in [0.3, 0.4) is 0 Å². The molecular formula is C21H27NO2. The first kappa shape index (κ1) is 28.7. The number of nitrogens with zero attached hydrogens (tertiary/aromatic N) is 1. The maximum atomic E-state index is 9.75. The fraction of sp³-hybridized carbons (Fsp3) is 0.0476. The van der Waals surface area contributed by atoms with E-state index in [4.69, 9.17) is 5.26 Å². The summed E-state index contributed by atoms with van der Waals surface area (Å²) in [5.41, 5.74) is 1.17. The molecule has 0 saturated heterocycles. The van der Waals surface area contributed by atoms with Crippen molar-refractivity contribution in [1.82, 2.24) is 0 Å². The van der Waals surface area contributed by atoms with Gasteiger partial charge in [-0.1, -0.05) is 81.5 Å². The smallest absolute Gasteiger partial charge is 0.307 e. The van der Waals surface area contributed by atoms with Crippen molar-refractivity contribution < 1.29 is 9.53 Å². The normalized spacial score (nSPS) is 6.17. The highest BCUT2D eigenvalue weighted by molar-refractivity contribution is 5.66. The van der Waals surface area contributed by atoms with Crippen molar-refractivity contribution in [3.63, 3.8) is 0 Å². The summed E-state index contributed by atoms with van der Waals surface area (Å²) in [5, 5.41) is 7.51. The van der Waals surface area contributed by atoms with E-state index in [1.165, 1.54) is 18.6 Å². The highest BCUT2D eigenvalue weighted by Crippen LogP contribution is 1.97. The lowest BCUT2D eigenvalue weighted by atomic mass is 10.2. The first-order valence-corrected chi connectivity index (χ1v) is 6.73. The lowest BCUT2D eigenvalue weighted by Gasteiger charge is -1.85. The summed E-state index contributed by atoms with van der Waals surface area (Å²) in [5.74, 6) is -0.329. The van der Waals surface area contributed by atoms with Crippen LogP contribution >= 0.6 is 0 Å². The van der Waals surface area contributed by atoms with Gasteiger partial charge in [0.1, 0.15) is 0 Å². The molecule has 3 nitrogen and oxygen atoms in total. The molecule has 0 N–H and O–H groups in total. The second-order valence-corrected chi connectivity index (χ2v) is 3.20. The molecule has 0 spiro atoms. The quantitative estimate of drug-likeness (QED) is 0.229. The lowest BCUT2D eigenvalue weighted by Crippen LogP contribution is -1.87. The summed E-state index contributed by atoms with van der Waals surface area (Å²) >= 11 is 0. The summed E-state index contributed by atoms with van der Waals surface area (Å²) in [7, 11) is 0. The first-order chi connectivity index (χ1) is 11.5. The predicted molar refractivity (Wildman–Crippen MR) is 106 cm³/mol. The molecule has 0 aliphatic rings. The van der Waals surface area contributed by atoms with Gasteiger partial charge in [0.15, 0.2) is 0 Å². The highest BCUT2D eigenvalue weighted by atomic mass is 16.5. The van der Waals surface area contributed by atoms with Crippen molar-refractivity contribution in [2.75, 3.05) is 0 Å². The molecular weight excluding hydrogens is 298 g/mol. The lowest BCUT2D eigenvalue weighted by molar-refractivity contribution is -0.135. The Morgan fingerprint density at radius 1 is 1.04 bits per heavy atom. The topological polar surface area (TPSA) is 50.1 Å². The Balaban J connectivity index is -0.000000112. The Bertz CT molecular complexity index is 490. The average molecular weight is 325 g/mol. The third-order valence-corrected chi connectivity index (χ3v) is 1.54. The van der Waals surface area contributed by atoms with Crippen LogP contribution in [-0.2, 0) is 9.53 Å². The van der Waals surface area contributed by atoms with E-state index in [1.807, 2.05) is 36.4 Å². The zero-order valence-electron chi connectivity index (χ0n) is 14.5. The van der Waals surface area contributed by atoms with Gasteiger partial charge >= 0.3 is 5.97 Å². The second kappa shape index (κ2) is 31.8. The summed E-state index contributed by atoms with van der Waals surface area (Å²) in [4.78, 5) is 9.75. The number of hydrogen-bond acceptors (Lipinski definition) is 3. The highest BCUT2D eigenvalue weighted by Gasteiger charge is 1.79. The van der Waals surface area contributed by atoms with Crippen molar-refractivity contribution >= 4 is 12.0 Å². The SMILES string of the molecule is C=C.C=CC#N.C=CC=C.C=COC(C)=O.C=Cc1ccccc1. The van der Waals surface area contributed by atoms with Crippen molar-refractivity contribution in [3.8, 4) is 6.07 Å². The zero-order chi connectivity index (χ0) is 19.6. The van der Waals surface area contributed by atoms with Gasteiger partial charge in [0.05, 0.1) is 12.3 Å². The van der Waals surface area contributed by atoms with Crippen molar-refractivity contribution in [1.29, 1.82) is 5.26 Å². The third-order valence-electron chi connectivity index (χ3n) is 1.54. The van der Waals surface area contributed by atoms with Gasteiger partial charge in [-0.25, -0.2) is 0 Å². The van der Waals surface area contributed by atoms with Gasteiger partial charge in [-0.05, 0) is 5.56 Å². The maximum Gasteiger partial charge on any atom is 0.307 e. The molecule has 0 saturated carbocycles. The largest absolute Gasteiger partial charge is 0.435 e. The molecule has 1 rings (SSSR count). The van der Waals surface area contributed by atoms with Crippen LogP contribution in [0.1, 0.15) is 12.5 Å². The Kier molecular flexibility index (Phi) is 38.1. The van der Waals surface area contributed by atoms with E-state index in [2.05, 4.69) is 50.8 Å². The molecule has 0 bridgehead atoms. The Morgan fingerprint density at radius 3 is 1.58 bits per heavy atom. The zero-order valence-corrected chi connectivity index (χ0v) is 14.5. The van der Waals surface area contributed by atoms with E-state index in [1.54, 1.807) is 18.2 Å². The van der Waals surface area contributed by atoms with Gasteiger partial charge in [-0.3, -0.25) is 4.79 Å². The number of rotatable bonds is 3. The van der Waals surface area contributed by atoms with E-state index < -0.39 is 0 Å². The molecule has 0 radical (unpaired) electrons. The summed E-state index contributed by atoms with van der Waals surface area (Å²) in [6.45, 7) is 24.0. The predicted octanol–water partition coefficient (Wildman–Crippen LogP) is 5.88. The molecule has 128 valence electrons. The fourth-order valence-corrected chi connectivity index (χ4v) is 0.706. The Labute approximate surface area is 146 Å². The van der Waals surface area contributed by atoms with Crippen LogP contribution in [0.5, 0.6) is 0 Å². The number of nitriles is 1. The van der Waals surface area contributed by atoms with E-state index in [0.717, 1.165) is 6.26 Å². The van der Waals surface area contributed by atoms with Crippen molar-refractivity contribution in [2.24, 2.45) is 0 Å². The average Bonchev–Trinajstić information content (AvgIpc) is 2.65. The van der Waals surface area contributed by atoms with Gasteiger partial charge in [0.25, 0.3) is 0 Å². The first-order valence-electron chi connectivity index (χ1n) is 6.73. The standard InChI is InChI=1S/C8H8.C4H6O2.C4H6.C3H3N.C2H4/c1-2-8-6-4-3-5-7-8;1-3-6-4(2)5;1-3-4-2;1-2-3-4;1-2/h2-7H,1H2;3H,1H2,2H3;3-4H,1-2H2;2H,1H2;1-2H2. The summed E-state index contributed by atoms with van der Waals surface area (Å²) in [6, 6.07) is 11.7. The number of carbonyl (C=O) groups excluding carboxylic acids is 1. The molecule has 3 heteroatoms. The van der Waals surface area contributed by atoms with E-state index >= 15 is 0 Å². The van der Waals surface area contributed by atoms with Crippen LogP contribution < -0.4 is 0 Å². The maximum absolute atomic E-state index is 9.75. The molecule has 0 atom stereocenters. The molecule has 0 aromatic heterocycles. The number of esters is 1.